The van der Waals surface area contributed by atoms with Gasteiger partial charge in [-0.2, -0.15) is 0 Å². The summed E-state index contributed by atoms with van der Waals surface area (Å²) in [7, 11) is 1.85. The van der Waals surface area contributed by atoms with Gasteiger partial charge < -0.3 is 20.1 Å². The number of aryl methyl sites for hydroxylation is 2. The fourth-order valence-electron chi connectivity index (χ4n) is 3.08. The number of para-hydroxylation sites is 1. The minimum Gasteiger partial charge on any atom is -0.454 e. The molecule has 2 N–H and O–H groups in total. The largest absolute Gasteiger partial charge is 0.454 e. The topological polar surface area (TPSA) is 79.9 Å². The third-order valence-electron chi connectivity index (χ3n) is 4.49. The molecule has 2 aromatic carbocycles. The maximum absolute atomic E-state index is 12.1. The first-order valence-corrected chi connectivity index (χ1v) is 9.12. The fourth-order valence-corrected chi connectivity index (χ4v) is 3.08. The van der Waals surface area contributed by atoms with E-state index in [9.17, 15) is 9.59 Å². The van der Waals surface area contributed by atoms with Gasteiger partial charge in [-0.15, -0.1) is 0 Å². The number of amides is 2. The van der Waals surface area contributed by atoms with Crippen LogP contribution in [0.3, 0.4) is 0 Å². The van der Waals surface area contributed by atoms with E-state index in [1.165, 1.54) is 0 Å². The molecule has 2 aromatic rings. The van der Waals surface area contributed by atoms with Gasteiger partial charge >= 0.3 is 0 Å². The van der Waals surface area contributed by atoms with E-state index >= 15 is 0 Å². The number of hydrogen-bond donors (Lipinski definition) is 2. The van der Waals surface area contributed by atoms with Gasteiger partial charge in [-0.05, 0) is 49.7 Å². The van der Waals surface area contributed by atoms with Crippen molar-refractivity contribution in [1.29, 1.82) is 0 Å². The Morgan fingerprint density at radius 2 is 1.75 bits per heavy atom. The standard InChI is InChI=1S/C21H25N3O4/c1-14-5-4-6-15(2)21(14)23-19(25)10-22-20(26)12-24(3)11-16-7-8-17-18(9-16)28-13-27-17/h4-9H,10-13H2,1-3H3,(H,22,26)(H,23,25). The Kier molecular flexibility index (Phi) is 6.16. The lowest BCUT2D eigenvalue weighted by molar-refractivity contribution is -0.124. The molecular weight excluding hydrogens is 358 g/mol. The highest BCUT2D eigenvalue weighted by atomic mass is 16.7. The molecule has 1 aliphatic rings. The Morgan fingerprint density at radius 1 is 1.04 bits per heavy atom. The molecule has 1 aliphatic heterocycles. The Labute approximate surface area is 164 Å². The number of rotatable bonds is 7. The first-order chi connectivity index (χ1) is 13.4. The maximum atomic E-state index is 12.1. The summed E-state index contributed by atoms with van der Waals surface area (Å²) in [5.41, 5.74) is 3.79. The molecule has 0 aliphatic carbocycles. The summed E-state index contributed by atoms with van der Waals surface area (Å²) in [4.78, 5) is 26.2. The van der Waals surface area contributed by atoms with Crippen LogP contribution in [0.4, 0.5) is 5.69 Å². The van der Waals surface area contributed by atoms with Crippen molar-refractivity contribution in [1.82, 2.24) is 10.2 Å². The predicted molar refractivity (Wildman–Crippen MR) is 106 cm³/mol. The van der Waals surface area contributed by atoms with E-state index in [0.717, 1.165) is 33.9 Å². The van der Waals surface area contributed by atoms with Gasteiger partial charge in [-0.3, -0.25) is 14.5 Å². The summed E-state index contributed by atoms with van der Waals surface area (Å²) < 4.78 is 10.7. The van der Waals surface area contributed by atoms with Gasteiger partial charge in [0.15, 0.2) is 11.5 Å². The van der Waals surface area contributed by atoms with Crippen LogP contribution in [-0.4, -0.2) is 43.6 Å². The predicted octanol–water partition coefficient (Wildman–Crippen LogP) is 2.22. The van der Waals surface area contributed by atoms with Crippen LogP contribution in [-0.2, 0) is 16.1 Å². The number of anilines is 1. The zero-order chi connectivity index (χ0) is 20.1. The van der Waals surface area contributed by atoms with Crippen LogP contribution in [0.15, 0.2) is 36.4 Å². The molecule has 2 amide bonds. The molecular formula is C21H25N3O4. The van der Waals surface area contributed by atoms with E-state index in [-0.39, 0.29) is 31.7 Å². The van der Waals surface area contributed by atoms with Gasteiger partial charge in [0.2, 0.25) is 18.6 Å². The normalized spacial score (nSPS) is 12.1. The van der Waals surface area contributed by atoms with Gasteiger partial charge in [0, 0.05) is 12.2 Å². The summed E-state index contributed by atoms with van der Waals surface area (Å²) in [6.45, 7) is 4.81. The average Bonchev–Trinajstić information content (AvgIpc) is 3.11. The lowest BCUT2D eigenvalue weighted by Gasteiger charge is -2.17. The number of fused-ring (bicyclic) bond motifs is 1. The zero-order valence-corrected chi connectivity index (χ0v) is 16.4. The van der Waals surface area contributed by atoms with E-state index in [0.29, 0.717) is 6.54 Å². The molecule has 28 heavy (non-hydrogen) atoms. The lowest BCUT2D eigenvalue weighted by Crippen LogP contribution is -2.39. The number of ether oxygens (including phenoxy) is 2. The molecule has 0 spiro atoms. The number of hydrogen-bond acceptors (Lipinski definition) is 5. The fraction of sp³-hybridized carbons (Fsp3) is 0.333. The number of nitrogens with zero attached hydrogens (tertiary/aromatic N) is 1. The summed E-state index contributed by atoms with van der Waals surface area (Å²) in [5, 5.41) is 5.52. The van der Waals surface area contributed by atoms with Crippen molar-refractivity contribution in [2.45, 2.75) is 20.4 Å². The molecule has 0 bridgehead atoms. The summed E-state index contributed by atoms with van der Waals surface area (Å²) in [6.07, 6.45) is 0. The molecule has 7 nitrogen and oxygen atoms in total. The van der Waals surface area contributed by atoms with Gasteiger partial charge in [0.25, 0.3) is 0 Å². The molecule has 0 unspecified atom stereocenters. The van der Waals surface area contributed by atoms with Crippen LogP contribution in [0.1, 0.15) is 16.7 Å². The van der Waals surface area contributed by atoms with Crippen LogP contribution in [0.2, 0.25) is 0 Å². The number of carbonyl (C=O) groups excluding carboxylic acids is 2. The smallest absolute Gasteiger partial charge is 0.243 e. The van der Waals surface area contributed by atoms with Crippen LogP contribution in [0.5, 0.6) is 11.5 Å². The highest BCUT2D eigenvalue weighted by molar-refractivity contribution is 5.95. The van der Waals surface area contributed by atoms with E-state index in [1.54, 1.807) is 0 Å². The summed E-state index contributed by atoms with van der Waals surface area (Å²) >= 11 is 0. The Bertz CT molecular complexity index is 862. The van der Waals surface area contributed by atoms with Gasteiger partial charge in [0.05, 0.1) is 13.1 Å². The Balaban J connectivity index is 1.44. The Hall–Kier alpha value is -3.06. The quantitative estimate of drug-likeness (QED) is 0.766. The summed E-state index contributed by atoms with van der Waals surface area (Å²) in [6, 6.07) is 11.5. The number of likely N-dealkylation sites (N-methyl/N-ethyl adjacent to an activating group) is 1. The van der Waals surface area contributed by atoms with E-state index < -0.39 is 0 Å². The van der Waals surface area contributed by atoms with Gasteiger partial charge in [-0.1, -0.05) is 24.3 Å². The minimum absolute atomic E-state index is 0.0650. The van der Waals surface area contributed by atoms with Crippen LogP contribution in [0, 0.1) is 13.8 Å². The van der Waals surface area contributed by atoms with Gasteiger partial charge in [0.1, 0.15) is 0 Å². The van der Waals surface area contributed by atoms with E-state index in [1.807, 2.05) is 62.2 Å². The molecule has 3 rings (SSSR count). The van der Waals surface area contributed by atoms with E-state index in [4.69, 9.17) is 9.47 Å². The second-order valence-corrected chi connectivity index (χ2v) is 6.95. The maximum Gasteiger partial charge on any atom is 0.243 e. The summed E-state index contributed by atoms with van der Waals surface area (Å²) in [5.74, 6) is 1.00. The van der Waals surface area contributed by atoms with Crippen molar-refractivity contribution in [3.63, 3.8) is 0 Å². The average molecular weight is 383 g/mol. The molecule has 0 radical (unpaired) electrons. The van der Waals surface area contributed by atoms with Crippen molar-refractivity contribution in [2.75, 3.05) is 32.2 Å². The van der Waals surface area contributed by atoms with Crippen molar-refractivity contribution in [3.05, 3.63) is 53.1 Å². The zero-order valence-electron chi connectivity index (χ0n) is 16.4. The molecule has 0 saturated heterocycles. The minimum atomic E-state index is -0.246. The van der Waals surface area contributed by atoms with Crippen LogP contribution in [0.25, 0.3) is 0 Å². The second kappa shape index (κ2) is 8.75. The molecule has 0 atom stereocenters. The third kappa shape index (κ3) is 5.01. The number of benzene rings is 2. The molecule has 148 valence electrons. The Morgan fingerprint density at radius 3 is 2.50 bits per heavy atom. The highest BCUT2D eigenvalue weighted by Gasteiger charge is 2.15. The molecule has 7 heteroatoms. The lowest BCUT2D eigenvalue weighted by atomic mass is 10.1. The van der Waals surface area contributed by atoms with Crippen LogP contribution < -0.4 is 20.1 Å². The molecule has 1 heterocycles. The van der Waals surface area contributed by atoms with Gasteiger partial charge in [-0.25, -0.2) is 0 Å². The SMILES string of the molecule is Cc1cccc(C)c1NC(=O)CNC(=O)CN(C)Cc1ccc2c(c1)OCO2. The first kappa shape index (κ1) is 19.7. The molecule has 0 aromatic heterocycles. The molecule has 0 saturated carbocycles. The number of nitrogens with one attached hydrogen (secondary N) is 2. The number of carbonyl (C=O) groups is 2. The monoisotopic (exact) mass is 383 g/mol. The first-order valence-electron chi connectivity index (χ1n) is 9.12. The van der Waals surface area contributed by atoms with Crippen LogP contribution >= 0.6 is 0 Å². The van der Waals surface area contributed by atoms with Crippen molar-refractivity contribution in [3.8, 4) is 11.5 Å². The highest BCUT2D eigenvalue weighted by Crippen LogP contribution is 2.32. The van der Waals surface area contributed by atoms with Crippen molar-refractivity contribution < 1.29 is 19.1 Å². The van der Waals surface area contributed by atoms with Crippen molar-refractivity contribution >= 4 is 17.5 Å². The third-order valence-corrected chi connectivity index (χ3v) is 4.49. The second-order valence-electron chi connectivity index (χ2n) is 6.95. The molecule has 0 fully saturated rings. The van der Waals surface area contributed by atoms with E-state index in [2.05, 4.69) is 10.6 Å². The van der Waals surface area contributed by atoms with Crippen molar-refractivity contribution in [2.24, 2.45) is 0 Å².